The first-order valence-electron chi connectivity index (χ1n) is 11.8. The second kappa shape index (κ2) is 8.90. The van der Waals surface area contributed by atoms with E-state index in [1.54, 1.807) is 0 Å². The molecule has 2 fully saturated rings. The van der Waals surface area contributed by atoms with Crippen molar-refractivity contribution in [2.75, 3.05) is 5.32 Å². The molecular weight excluding hydrogens is 380 g/mol. The molecule has 0 aliphatic heterocycles. The third-order valence-corrected chi connectivity index (χ3v) is 7.21. The molecule has 164 valence electrons. The minimum atomic E-state index is 0.0611. The third kappa shape index (κ3) is 4.71. The lowest BCUT2D eigenvalue weighted by Gasteiger charge is -2.20. The zero-order chi connectivity index (χ0) is 22.1. The van der Waals surface area contributed by atoms with Crippen molar-refractivity contribution in [1.29, 1.82) is 0 Å². The molecule has 3 heteroatoms. The zero-order valence-electron chi connectivity index (χ0n) is 19.7. The van der Waals surface area contributed by atoms with E-state index in [0.29, 0.717) is 12.1 Å². The number of anilines is 1. The van der Waals surface area contributed by atoms with E-state index in [1.165, 1.54) is 70.3 Å². The van der Waals surface area contributed by atoms with E-state index < -0.39 is 0 Å². The van der Waals surface area contributed by atoms with Gasteiger partial charge in [-0.3, -0.25) is 4.79 Å². The zero-order valence-corrected chi connectivity index (χ0v) is 19.7. The number of hydrogen-bond acceptors (Lipinski definition) is 2. The van der Waals surface area contributed by atoms with Crippen molar-refractivity contribution in [2.24, 2.45) is 0 Å². The second-order valence-electron chi connectivity index (χ2n) is 9.57. The van der Waals surface area contributed by atoms with E-state index in [-0.39, 0.29) is 5.91 Å². The second-order valence-corrected chi connectivity index (χ2v) is 9.57. The molecule has 31 heavy (non-hydrogen) atoms. The summed E-state index contributed by atoms with van der Waals surface area (Å²) in [5.41, 5.74) is 10.9. The monoisotopic (exact) mass is 416 g/mol. The van der Waals surface area contributed by atoms with Crippen LogP contribution in [0.1, 0.15) is 73.3 Å². The molecule has 2 aliphatic rings. The minimum Gasteiger partial charge on any atom is -0.382 e. The van der Waals surface area contributed by atoms with Crippen molar-refractivity contribution in [3.63, 3.8) is 0 Å². The predicted octanol–water partition coefficient (Wildman–Crippen LogP) is 6.62. The van der Waals surface area contributed by atoms with Crippen LogP contribution in [0.5, 0.6) is 0 Å². The Morgan fingerprint density at radius 1 is 0.839 bits per heavy atom. The number of hydrogen-bond donors (Lipinski definition) is 2. The standard InChI is InChI=1S/C28H36N2O/c1-17(28(31)30-25-14-15-25)16-26-18(2)20(4)27(21(5)19(26)3)22-10-12-24(13-11-22)29-23-8-6-7-9-23/h10-13,16,23,25,29H,6-9,14-15H2,1-5H3,(H,30,31). The van der Waals surface area contributed by atoms with Gasteiger partial charge in [-0.25, -0.2) is 0 Å². The topological polar surface area (TPSA) is 41.1 Å². The van der Waals surface area contributed by atoms with E-state index in [4.69, 9.17) is 0 Å². The highest BCUT2D eigenvalue weighted by Crippen LogP contribution is 2.36. The summed E-state index contributed by atoms with van der Waals surface area (Å²) in [4.78, 5) is 12.4. The fraction of sp³-hybridized carbons (Fsp3) is 0.464. The molecule has 0 spiro atoms. The summed E-state index contributed by atoms with van der Waals surface area (Å²) >= 11 is 0. The SMILES string of the molecule is CC(=Cc1c(C)c(C)c(-c2ccc(NC3CCCC3)cc2)c(C)c1C)C(=O)NC1CC1. The molecule has 0 unspecified atom stereocenters. The Hall–Kier alpha value is -2.55. The van der Waals surface area contributed by atoms with Crippen molar-refractivity contribution in [1.82, 2.24) is 5.32 Å². The van der Waals surface area contributed by atoms with Gasteiger partial charge >= 0.3 is 0 Å². The van der Waals surface area contributed by atoms with Crippen LogP contribution in [-0.2, 0) is 4.79 Å². The minimum absolute atomic E-state index is 0.0611. The molecule has 4 rings (SSSR count). The Morgan fingerprint density at radius 2 is 1.42 bits per heavy atom. The van der Waals surface area contributed by atoms with Gasteiger partial charge in [-0.2, -0.15) is 0 Å². The number of carbonyl (C=O) groups is 1. The van der Waals surface area contributed by atoms with Crippen LogP contribution >= 0.6 is 0 Å². The first-order chi connectivity index (χ1) is 14.8. The molecule has 0 aromatic heterocycles. The molecule has 2 aliphatic carbocycles. The molecule has 2 saturated carbocycles. The van der Waals surface area contributed by atoms with Gasteiger partial charge in [-0.05, 0) is 117 Å². The Bertz CT molecular complexity index is 977. The Kier molecular flexibility index (Phi) is 6.22. The van der Waals surface area contributed by atoms with Gasteiger partial charge in [0.15, 0.2) is 0 Å². The van der Waals surface area contributed by atoms with Crippen LogP contribution in [0.2, 0.25) is 0 Å². The fourth-order valence-electron chi connectivity index (χ4n) is 4.84. The largest absolute Gasteiger partial charge is 0.382 e. The van der Waals surface area contributed by atoms with Crippen LogP contribution in [0.3, 0.4) is 0 Å². The smallest absolute Gasteiger partial charge is 0.247 e. The van der Waals surface area contributed by atoms with E-state index in [0.717, 1.165) is 18.4 Å². The molecule has 2 aromatic rings. The predicted molar refractivity (Wildman–Crippen MR) is 132 cm³/mol. The lowest BCUT2D eigenvalue weighted by molar-refractivity contribution is -0.117. The first-order valence-corrected chi connectivity index (χ1v) is 11.8. The molecule has 2 N–H and O–H groups in total. The molecule has 1 amide bonds. The molecule has 0 heterocycles. The summed E-state index contributed by atoms with van der Waals surface area (Å²) in [6.07, 6.45) is 9.54. The fourth-order valence-corrected chi connectivity index (χ4v) is 4.84. The number of rotatable bonds is 6. The van der Waals surface area contributed by atoms with Gasteiger partial charge in [0.25, 0.3) is 0 Å². The average Bonchev–Trinajstić information content (AvgIpc) is 3.43. The van der Waals surface area contributed by atoms with Crippen LogP contribution < -0.4 is 10.6 Å². The number of carbonyl (C=O) groups excluding carboxylic acids is 1. The molecular formula is C28H36N2O. The van der Waals surface area contributed by atoms with Crippen molar-refractivity contribution < 1.29 is 4.79 Å². The van der Waals surface area contributed by atoms with Gasteiger partial charge < -0.3 is 10.6 Å². The Labute approximate surface area is 187 Å². The van der Waals surface area contributed by atoms with Crippen LogP contribution in [0, 0.1) is 27.7 Å². The number of benzene rings is 2. The van der Waals surface area contributed by atoms with Gasteiger partial charge in [0, 0.05) is 23.3 Å². The van der Waals surface area contributed by atoms with Gasteiger partial charge in [0.05, 0.1) is 0 Å². The van der Waals surface area contributed by atoms with Crippen LogP contribution in [-0.4, -0.2) is 18.0 Å². The summed E-state index contributed by atoms with van der Waals surface area (Å²) in [5.74, 6) is 0.0611. The van der Waals surface area contributed by atoms with E-state index in [1.807, 2.05) is 6.92 Å². The van der Waals surface area contributed by atoms with E-state index in [2.05, 4.69) is 68.7 Å². The highest BCUT2D eigenvalue weighted by molar-refractivity contribution is 5.98. The first kappa shape index (κ1) is 21.7. The Balaban J connectivity index is 1.62. The quantitative estimate of drug-likeness (QED) is 0.519. The molecule has 0 bridgehead atoms. The highest BCUT2D eigenvalue weighted by Gasteiger charge is 2.24. The summed E-state index contributed by atoms with van der Waals surface area (Å²) in [6, 6.07) is 9.94. The van der Waals surface area contributed by atoms with Crippen molar-refractivity contribution >= 4 is 17.7 Å². The summed E-state index contributed by atoms with van der Waals surface area (Å²) in [5, 5.41) is 6.78. The van der Waals surface area contributed by atoms with Gasteiger partial charge in [0.2, 0.25) is 5.91 Å². The normalized spacial score (nSPS) is 17.1. The third-order valence-electron chi connectivity index (χ3n) is 7.21. The van der Waals surface area contributed by atoms with Crippen LogP contribution in [0.4, 0.5) is 5.69 Å². The summed E-state index contributed by atoms with van der Waals surface area (Å²) < 4.78 is 0. The van der Waals surface area contributed by atoms with Crippen molar-refractivity contribution in [3.05, 3.63) is 57.7 Å². The molecule has 2 aromatic carbocycles. The van der Waals surface area contributed by atoms with E-state index >= 15 is 0 Å². The number of amides is 1. The molecule has 0 saturated heterocycles. The maximum atomic E-state index is 12.4. The van der Waals surface area contributed by atoms with Gasteiger partial charge in [0.1, 0.15) is 0 Å². The van der Waals surface area contributed by atoms with Crippen molar-refractivity contribution in [3.8, 4) is 11.1 Å². The number of nitrogens with one attached hydrogen (secondary N) is 2. The maximum Gasteiger partial charge on any atom is 0.247 e. The lowest BCUT2D eigenvalue weighted by Crippen LogP contribution is -2.25. The lowest BCUT2D eigenvalue weighted by atomic mass is 9.85. The summed E-state index contributed by atoms with van der Waals surface area (Å²) in [7, 11) is 0. The molecule has 3 nitrogen and oxygen atoms in total. The van der Waals surface area contributed by atoms with Gasteiger partial charge in [-0.1, -0.05) is 25.0 Å². The van der Waals surface area contributed by atoms with Crippen LogP contribution in [0.15, 0.2) is 29.8 Å². The maximum absolute atomic E-state index is 12.4. The molecule has 0 radical (unpaired) electrons. The van der Waals surface area contributed by atoms with Crippen molar-refractivity contribution in [2.45, 2.75) is 85.2 Å². The Morgan fingerprint density at radius 3 is 1.97 bits per heavy atom. The summed E-state index contributed by atoms with van der Waals surface area (Å²) in [6.45, 7) is 10.7. The molecule has 0 atom stereocenters. The van der Waals surface area contributed by atoms with Gasteiger partial charge in [-0.15, -0.1) is 0 Å². The highest BCUT2D eigenvalue weighted by atomic mass is 16.1. The van der Waals surface area contributed by atoms with Crippen LogP contribution in [0.25, 0.3) is 17.2 Å². The average molecular weight is 417 g/mol. The van der Waals surface area contributed by atoms with E-state index in [9.17, 15) is 4.79 Å².